The highest BCUT2D eigenvalue weighted by Gasteiger charge is 2.35. The van der Waals surface area contributed by atoms with Gasteiger partial charge in [-0.3, -0.25) is 24.5 Å². The van der Waals surface area contributed by atoms with E-state index >= 15 is 0 Å². The number of nitrogens with one attached hydrogen (secondary N) is 4. The molecule has 0 aliphatic carbocycles. The number of amides is 3. The van der Waals surface area contributed by atoms with Crippen molar-refractivity contribution in [2.24, 2.45) is 5.92 Å². The van der Waals surface area contributed by atoms with Gasteiger partial charge in [-0.15, -0.1) is 0 Å². The maximum Gasteiger partial charge on any atom is 0.242 e. The molecule has 0 fully saturated rings. The lowest BCUT2D eigenvalue weighted by Crippen LogP contribution is -2.65. The summed E-state index contributed by atoms with van der Waals surface area (Å²) in [5.74, 6) is -0.704. The van der Waals surface area contributed by atoms with E-state index in [0.29, 0.717) is 19.1 Å². The molecule has 9 heteroatoms. The van der Waals surface area contributed by atoms with Crippen LogP contribution in [-0.4, -0.2) is 73.8 Å². The SMILES string of the molecule is CCCC(NC)C(=O)NC(C)(C=O)NC(C)C(=O)N(C)C(CC(C)C)C(=O)NC. The van der Waals surface area contributed by atoms with E-state index < -0.39 is 23.8 Å². The normalized spacial score (nSPS) is 16.3. The number of carbonyl (C=O) groups is 4. The fourth-order valence-corrected chi connectivity index (χ4v) is 3.16. The number of carbonyl (C=O) groups excluding carboxylic acids is 4. The number of nitrogens with zero attached hydrogens (tertiary/aromatic N) is 1. The fourth-order valence-electron chi connectivity index (χ4n) is 3.16. The highest BCUT2D eigenvalue weighted by atomic mass is 16.2. The Balaban J connectivity index is 5.29. The molecule has 29 heavy (non-hydrogen) atoms. The standard InChI is InChI=1S/C20H39N5O4/c1-9-10-15(21-6)17(27)24-20(5,12-26)23-14(4)19(29)25(8)16(11-13(2)3)18(28)22-7/h12-16,21,23H,9-11H2,1-8H3,(H,22,28)(H,24,27). The molecule has 0 aromatic heterocycles. The van der Waals surface area contributed by atoms with Crippen molar-refractivity contribution in [3.05, 3.63) is 0 Å². The molecule has 0 heterocycles. The molecule has 0 rings (SSSR count). The molecule has 4 N–H and O–H groups in total. The van der Waals surface area contributed by atoms with Crippen molar-refractivity contribution in [3.8, 4) is 0 Å². The number of hydrogen-bond acceptors (Lipinski definition) is 6. The van der Waals surface area contributed by atoms with E-state index in [4.69, 9.17) is 0 Å². The molecular formula is C20H39N5O4. The number of rotatable bonds is 13. The van der Waals surface area contributed by atoms with E-state index in [9.17, 15) is 19.2 Å². The van der Waals surface area contributed by atoms with Gasteiger partial charge in [0.1, 0.15) is 11.7 Å². The average molecular weight is 414 g/mol. The largest absolute Gasteiger partial charge is 0.357 e. The van der Waals surface area contributed by atoms with E-state index in [2.05, 4.69) is 21.3 Å². The molecule has 0 saturated heterocycles. The van der Waals surface area contributed by atoms with E-state index in [0.717, 1.165) is 6.42 Å². The van der Waals surface area contributed by atoms with Crippen molar-refractivity contribution >= 4 is 24.0 Å². The molecule has 0 aromatic rings. The summed E-state index contributed by atoms with van der Waals surface area (Å²) in [6.07, 6.45) is 2.51. The molecule has 0 saturated carbocycles. The maximum atomic E-state index is 12.9. The van der Waals surface area contributed by atoms with Gasteiger partial charge in [-0.05, 0) is 39.7 Å². The van der Waals surface area contributed by atoms with Crippen LogP contribution < -0.4 is 21.3 Å². The van der Waals surface area contributed by atoms with Crippen LogP contribution in [0, 0.1) is 5.92 Å². The second-order valence-electron chi connectivity index (χ2n) is 8.01. The molecule has 0 radical (unpaired) electrons. The molecule has 0 spiro atoms. The molecule has 0 bridgehead atoms. The monoisotopic (exact) mass is 413 g/mol. The van der Waals surface area contributed by atoms with Gasteiger partial charge in [0.05, 0.1) is 12.1 Å². The minimum absolute atomic E-state index is 0.215. The number of aldehydes is 1. The van der Waals surface area contributed by atoms with Gasteiger partial charge in [0.25, 0.3) is 0 Å². The number of hydrogen-bond donors (Lipinski definition) is 4. The smallest absolute Gasteiger partial charge is 0.242 e. The van der Waals surface area contributed by atoms with E-state index in [1.807, 2.05) is 20.8 Å². The Morgan fingerprint density at radius 3 is 2.10 bits per heavy atom. The van der Waals surface area contributed by atoms with E-state index in [1.165, 1.54) is 18.9 Å². The summed E-state index contributed by atoms with van der Waals surface area (Å²) in [4.78, 5) is 50.7. The Labute approximate surface area is 174 Å². The summed E-state index contributed by atoms with van der Waals surface area (Å²) in [5.41, 5.74) is -1.42. The Morgan fingerprint density at radius 2 is 1.69 bits per heavy atom. The second kappa shape index (κ2) is 12.5. The third-order valence-corrected chi connectivity index (χ3v) is 4.81. The Hall–Kier alpha value is -2.00. The van der Waals surface area contributed by atoms with Gasteiger partial charge in [-0.25, -0.2) is 0 Å². The zero-order valence-corrected chi connectivity index (χ0v) is 19.1. The van der Waals surface area contributed by atoms with E-state index in [-0.39, 0.29) is 23.6 Å². The van der Waals surface area contributed by atoms with Crippen LogP contribution in [0.15, 0.2) is 0 Å². The minimum atomic E-state index is -1.42. The third-order valence-electron chi connectivity index (χ3n) is 4.81. The van der Waals surface area contributed by atoms with Crippen molar-refractivity contribution in [2.75, 3.05) is 21.1 Å². The topological polar surface area (TPSA) is 120 Å². The van der Waals surface area contributed by atoms with Crippen LogP contribution in [0.5, 0.6) is 0 Å². The predicted octanol–water partition coefficient (Wildman–Crippen LogP) is 0.00300. The quantitative estimate of drug-likeness (QED) is 0.249. The molecule has 9 nitrogen and oxygen atoms in total. The van der Waals surface area contributed by atoms with Crippen LogP contribution in [0.1, 0.15) is 53.9 Å². The highest BCUT2D eigenvalue weighted by Crippen LogP contribution is 2.13. The molecule has 3 amide bonds. The van der Waals surface area contributed by atoms with Gasteiger partial charge >= 0.3 is 0 Å². The van der Waals surface area contributed by atoms with Crippen molar-refractivity contribution in [1.29, 1.82) is 0 Å². The van der Waals surface area contributed by atoms with Crippen LogP contribution in [0.25, 0.3) is 0 Å². The predicted molar refractivity (Wildman–Crippen MR) is 113 cm³/mol. The molecule has 168 valence electrons. The second-order valence-corrected chi connectivity index (χ2v) is 8.01. The van der Waals surface area contributed by atoms with Gasteiger partial charge in [0, 0.05) is 14.1 Å². The molecular weight excluding hydrogens is 374 g/mol. The van der Waals surface area contributed by atoms with Crippen molar-refractivity contribution in [2.45, 2.75) is 77.7 Å². The fraction of sp³-hybridized carbons (Fsp3) is 0.800. The number of likely N-dealkylation sites (N-methyl/N-ethyl adjacent to an activating group) is 3. The minimum Gasteiger partial charge on any atom is -0.357 e. The molecule has 0 aliphatic rings. The maximum absolute atomic E-state index is 12.9. The summed E-state index contributed by atoms with van der Waals surface area (Å²) in [6, 6.07) is -1.85. The Kier molecular flexibility index (Phi) is 11.7. The van der Waals surface area contributed by atoms with Crippen LogP contribution in [-0.2, 0) is 19.2 Å². The lowest BCUT2D eigenvalue weighted by atomic mass is 10.0. The molecule has 0 aromatic carbocycles. The zero-order chi connectivity index (χ0) is 22.8. The first-order chi connectivity index (χ1) is 13.5. The zero-order valence-electron chi connectivity index (χ0n) is 19.1. The van der Waals surface area contributed by atoms with Gasteiger partial charge in [0.15, 0.2) is 6.29 Å². The lowest BCUT2D eigenvalue weighted by molar-refractivity contribution is -0.141. The Morgan fingerprint density at radius 1 is 1.10 bits per heavy atom. The molecule has 4 atom stereocenters. The van der Waals surface area contributed by atoms with Gasteiger partial charge in [0.2, 0.25) is 17.7 Å². The summed E-state index contributed by atoms with van der Waals surface area (Å²) in [5, 5.41) is 11.1. The molecule has 0 aliphatic heterocycles. The first-order valence-electron chi connectivity index (χ1n) is 10.2. The van der Waals surface area contributed by atoms with Crippen LogP contribution in [0.3, 0.4) is 0 Å². The highest BCUT2D eigenvalue weighted by molar-refractivity contribution is 5.90. The van der Waals surface area contributed by atoms with Crippen LogP contribution in [0.4, 0.5) is 0 Å². The van der Waals surface area contributed by atoms with Gasteiger partial charge in [-0.2, -0.15) is 0 Å². The Bertz CT molecular complexity index is 569. The van der Waals surface area contributed by atoms with E-state index in [1.54, 1.807) is 21.0 Å². The lowest BCUT2D eigenvalue weighted by Gasteiger charge is -2.34. The first kappa shape index (κ1) is 27.0. The van der Waals surface area contributed by atoms with Crippen molar-refractivity contribution < 1.29 is 19.2 Å². The molecule has 4 unspecified atom stereocenters. The van der Waals surface area contributed by atoms with Gasteiger partial charge in [-0.1, -0.05) is 27.2 Å². The first-order valence-corrected chi connectivity index (χ1v) is 10.2. The van der Waals surface area contributed by atoms with Gasteiger partial charge < -0.3 is 20.9 Å². The summed E-state index contributed by atoms with van der Waals surface area (Å²) in [6.45, 7) is 9.02. The summed E-state index contributed by atoms with van der Waals surface area (Å²) >= 11 is 0. The van der Waals surface area contributed by atoms with Crippen LogP contribution >= 0.6 is 0 Å². The average Bonchev–Trinajstić information content (AvgIpc) is 2.67. The van der Waals surface area contributed by atoms with Crippen LogP contribution in [0.2, 0.25) is 0 Å². The van der Waals surface area contributed by atoms with Crippen molar-refractivity contribution in [3.63, 3.8) is 0 Å². The summed E-state index contributed by atoms with van der Waals surface area (Å²) in [7, 11) is 4.78. The van der Waals surface area contributed by atoms with Crippen molar-refractivity contribution in [1.82, 2.24) is 26.2 Å². The third kappa shape index (κ3) is 8.49. The summed E-state index contributed by atoms with van der Waals surface area (Å²) < 4.78 is 0.